The lowest BCUT2D eigenvalue weighted by Crippen LogP contribution is -2.19. The van der Waals surface area contributed by atoms with E-state index in [-0.39, 0.29) is 11.7 Å². The third kappa shape index (κ3) is 3.61. The van der Waals surface area contributed by atoms with Crippen molar-refractivity contribution in [2.24, 2.45) is 0 Å². The normalized spacial score (nSPS) is 10.7. The Morgan fingerprint density at radius 3 is 2.42 bits per heavy atom. The molecule has 0 N–H and O–H groups in total. The van der Waals surface area contributed by atoms with Gasteiger partial charge in [0.25, 0.3) is 5.56 Å². The van der Waals surface area contributed by atoms with Crippen LogP contribution in [-0.2, 0) is 6.54 Å². The fourth-order valence-corrected chi connectivity index (χ4v) is 1.99. The largest absolute Gasteiger partial charge is 0.491 e. The van der Waals surface area contributed by atoms with Crippen molar-refractivity contribution in [2.45, 2.75) is 26.5 Å². The van der Waals surface area contributed by atoms with Crippen LogP contribution in [0.4, 0.5) is 0 Å². The summed E-state index contributed by atoms with van der Waals surface area (Å²) in [4.78, 5) is 11.7. The molecule has 0 atom stereocenters. The highest BCUT2D eigenvalue weighted by Crippen LogP contribution is 2.15. The number of aromatic nitrogens is 1. The molecule has 0 fully saturated rings. The van der Waals surface area contributed by atoms with Gasteiger partial charge in [0.05, 0.1) is 12.6 Å². The first-order valence-corrected chi connectivity index (χ1v) is 6.55. The van der Waals surface area contributed by atoms with Gasteiger partial charge in [-0.2, -0.15) is 0 Å². The molecular weight excluding hydrogens is 262 g/mol. The Kier molecular flexibility index (Phi) is 4.27. The van der Waals surface area contributed by atoms with Crippen molar-refractivity contribution in [3.05, 3.63) is 63.5 Å². The molecule has 0 saturated carbocycles. The van der Waals surface area contributed by atoms with Crippen LogP contribution in [0.2, 0.25) is 5.15 Å². The minimum absolute atomic E-state index is 0.102. The number of pyridine rings is 1. The quantitative estimate of drug-likeness (QED) is 0.803. The first-order chi connectivity index (χ1) is 9.06. The predicted octanol–water partition coefficient (Wildman–Crippen LogP) is 3.34. The Balaban J connectivity index is 2.18. The summed E-state index contributed by atoms with van der Waals surface area (Å²) in [6, 6.07) is 12.5. The third-order valence-corrected chi connectivity index (χ3v) is 2.96. The maximum Gasteiger partial charge on any atom is 0.251 e. The van der Waals surface area contributed by atoms with Crippen molar-refractivity contribution in [2.75, 3.05) is 0 Å². The van der Waals surface area contributed by atoms with Crippen molar-refractivity contribution in [3.8, 4) is 5.75 Å². The van der Waals surface area contributed by atoms with Crippen molar-refractivity contribution >= 4 is 11.6 Å². The molecule has 19 heavy (non-hydrogen) atoms. The van der Waals surface area contributed by atoms with Crippen molar-refractivity contribution in [3.63, 3.8) is 0 Å². The van der Waals surface area contributed by atoms with E-state index in [1.807, 2.05) is 38.1 Å². The van der Waals surface area contributed by atoms with E-state index >= 15 is 0 Å². The Morgan fingerprint density at radius 2 is 1.84 bits per heavy atom. The molecule has 0 unspecified atom stereocenters. The van der Waals surface area contributed by atoms with Gasteiger partial charge >= 0.3 is 0 Å². The second-order valence-electron chi connectivity index (χ2n) is 4.58. The van der Waals surface area contributed by atoms with Gasteiger partial charge in [-0.25, -0.2) is 0 Å². The first-order valence-electron chi connectivity index (χ1n) is 6.17. The number of hydrogen-bond donors (Lipinski definition) is 0. The van der Waals surface area contributed by atoms with Gasteiger partial charge in [0.15, 0.2) is 0 Å². The fraction of sp³-hybridized carbons (Fsp3) is 0.267. The number of rotatable bonds is 4. The third-order valence-electron chi connectivity index (χ3n) is 2.63. The van der Waals surface area contributed by atoms with Gasteiger partial charge in [0, 0.05) is 6.07 Å². The minimum Gasteiger partial charge on any atom is -0.491 e. The highest BCUT2D eigenvalue weighted by Gasteiger charge is 2.03. The van der Waals surface area contributed by atoms with E-state index in [2.05, 4.69) is 0 Å². The summed E-state index contributed by atoms with van der Waals surface area (Å²) in [7, 11) is 0. The highest BCUT2D eigenvalue weighted by molar-refractivity contribution is 6.29. The summed E-state index contributed by atoms with van der Waals surface area (Å²) in [6.07, 6.45) is 0.150. The lowest BCUT2D eigenvalue weighted by atomic mass is 10.2. The van der Waals surface area contributed by atoms with Crippen LogP contribution in [0.1, 0.15) is 19.4 Å². The number of halogens is 1. The summed E-state index contributed by atoms with van der Waals surface area (Å²) < 4.78 is 7.10. The molecule has 0 bridgehead atoms. The zero-order valence-corrected chi connectivity index (χ0v) is 11.7. The van der Waals surface area contributed by atoms with Crippen molar-refractivity contribution < 1.29 is 4.74 Å². The number of ether oxygens (including phenoxy) is 1. The van der Waals surface area contributed by atoms with Crippen LogP contribution >= 0.6 is 11.6 Å². The average Bonchev–Trinajstić information content (AvgIpc) is 2.35. The molecule has 100 valence electrons. The average molecular weight is 278 g/mol. The lowest BCUT2D eigenvalue weighted by molar-refractivity contribution is 0.242. The first kappa shape index (κ1) is 13.7. The molecule has 0 radical (unpaired) electrons. The van der Waals surface area contributed by atoms with Gasteiger partial charge in [-0.15, -0.1) is 0 Å². The number of hydrogen-bond acceptors (Lipinski definition) is 2. The van der Waals surface area contributed by atoms with E-state index in [1.54, 1.807) is 12.1 Å². The van der Waals surface area contributed by atoms with Gasteiger partial charge in [0.1, 0.15) is 10.9 Å². The van der Waals surface area contributed by atoms with Crippen molar-refractivity contribution in [1.29, 1.82) is 0 Å². The van der Waals surface area contributed by atoms with Gasteiger partial charge < -0.3 is 4.74 Å². The maximum atomic E-state index is 11.7. The van der Waals surface area contributed by atoms with Crippen molar-refractivity contribution in [1.82, 2.24) is 4.57 Å². The van der Waals surface area contributed by atoms with Crippen LogP contribution in [0.15, 0.2) is 47.3 Å². The Labute approximate surface area is 117 Å². The molecule has 4 heteroatoms. The highest BCUT2D eigenvalue weighted by atomic mass is 35.5. The molecule has 1 heterocycles. The van der Waals surface area contributed by atoms with Gasteiger partial charge in [0.2, 0.25) is 0 Å². The van der Waals surface area contributed by atoms with E-state index < -0.39 is 0 Å². The SMILES string of the molecule is CC(C)Oc1ccc(Cn2c(Cl)cccc2=O)cc1. The van der Waals surface area contributed by atoms with Crippen LogP contribution in [0.3, 0.4) is 0 Å². The Hall–Kier alpha value is -1.74. The summed E-state index contributed by atoms with van der Waals surface area (Å²) in [5, 5.41) is 0.440. The molecule has 0 aliphatic rings. The second kappa shape index (κ2) is 5.93. The van der Waals surface area contributed by atoms with E-state index in [4.69, 9.17) is 16.3 Å². The number of benzene rings is 1. The standard InChI is InChI=1S/C15H16ClNO2/c1-11(2)19-13-8-6-12(7-9-13)10-17-14(16)4-3-5-15(17)18/h3-9,11H,10H2,1-2H3. The van der Waals surface area contributed by atoms with E-state index in [1.165, 1.54) is 10.6 Å². The number of nitrogens with zero attached hydrogens (tertiary/aromatic N) is 1. The molecular formula is C15H16ClNO2. The molecule has 0 aliphatic carbocycles. The zero-order chi connectivity index (χ0) is 13.8. The molecule has 0 saturated heterocycles. The summed E-state index contributed by atoms with van der Waals surface area (Å²) >= 11 is 6.02. The second-order valence-corrected chi connectivity index (χ2v) is 4.97. The predicted molar refractivity (Wildman–Crippen MR) is 77.0 cm³/mol. The summed E-state index contributed by atoms with van der Waals surface area (Å²) in [5.41, 5.74) is 0.904. The van der Waals surface area contributed by atoms with Crippen LogP contribution in [0.5, 0.6) is 5.75 Å². The van der Waals surface area contributed by atoms with Gasteiger partial charge in [-0.05, 0) is 37.6 Å². The molecule has 1 aromatic heterocycles. The molecule has 3 nitrogen and oxygen atoms in total. The van der Waals surface area contributed by atoms with E-state index in [0.717, 1.165) is 11.3 Å². The Morgan fingerprint density at radius 1 is 1.16 bits per heavy atom. The van der Waals surface area contributed by atoms with Crippen LogP contribution < -0.4 is 10.3 Å². The molecule has 2 rings (SSSR count). The molecule has 0 amide bonds. The monoisotopic (exact) mass is 277 g/mol. The van der Waals surface area contributed by atoms with Gasteiger partial charge in [-0.1, -0.05) is 29.8 Å². The topological polar surface area (TPSA) is 31.2 Å². The van der Waals surface area contributed by atoms with E-state index in [0.29, 0.717) is 11.7 Å². The lowest BCUT2D eigenvalue weighted by Gasteiger charge is -2.11. The van der Waals surface area contributed by atoms with Crippen LogP contribution in [-0.4, -0.2) is 10.7 Å². The van der Waals surface area contributed by atoms with Crippen LogP contribution in [0.25, 0.3) is 0 Å². The summed E-state index contributed by atoms with van der Waals surface area (Å²) in [5.74, 6) is 0.824. The Bertz CT molecular complexity index is 602. The van der Waals surface area contributed by atoms with E-state index in [9.17, 15) is 4.79 Å². The van der Waals surface area contributed by atoms with Crippen LogP contribution in [0, 0.1) is 0 Å². The maximum absolute atomic E-state index is 11.7. The molecule has 0 aliphatic heterocycles. The smallest absolute Gasteiger partial charge is 0.251 e. The summed E-state index contributed by atoms with van der Waals surface area (Å²) in [6.45, 7) is 4.43. The molecule has 2 aromatic rings. The zero-order valence-electron chi connectivity index (χ0n) is 11.0. The van der Waals surface area contributed by atoms with Gasteiger partial charge in [-0.3, -0.25) is 9.36 Å². The molecule has 1 aromatic carbocycles. The minimum atomic E-state index is -0.102. The fourth-order valence-electron chi connectivity index (χ4n) is 1.78. The molecule has 0 spiro atoms.